The summed E-state index contributed by atoms with van der Waals surface area (Å²) in [7, 11) is 0. The quantitative estimate of drug-likeness (QED) is 0.896. The standard InChI is InChI=1S/C14H17ClN2S/c1-14(2,3)12-11(18-13(16)17-12)8-9-4-6-10(15)7-5-9/h4-7H,8H2,1-3H3,(H2,16,17)/p+1. The lowest BCUT2D eigenvalue weighted by Gasteiger charge is -2.15. The molecule has 1 heterocycles. The molecular weight excluding hydrogens is 264 g/mol. The summed E-state index contributed by atoms with van der Waals surface area (Å²) in [5.41, 5.74) is 8.45. The van der Waals surface area contributed by atoms with E-state index in [4.69, 9.17) is 17.3 Å². The van der Waals surface area contributed by atoms with E-state index in [0.29, 0.717) is 0 Å². The van der Waals surface area contributed by atoms with E-state index in [0.717, 1.165) is 16.6 Å². The number of thiazole rings is 1. The zero-order chi connectivity index (χ0) is 13.3. The Morgan fingerprint density at radius 1 is 1.22 bits per heavy atom. The van der Waals surface area contributed by atoms with Gasteiger partial charge in [0.1, 0.15) is 5.69 Å². The SMILES string of the molecule is CC(C)(C)c1[nH+]c(N)sc1Cc1ccc(Cl)cc1. The summed E-state index contributed by atoms with van der Waals surface area (Å²) in [4.78, 5) is 4.58. The topological polar surface area (TPSA) is 40.2 Å². The molecule has 1 aromatic carbocycles. The van der Waals surface area contributed by atoms with Crippen LogP contribution in [-0.4, -0.2) is 0 Å². The van der Waals surface area contributed by atoms with Crippen LogP contribution in [0, 0.1) is 0 Å². The van der Waals surface area contributed by atoms with Crippen molar-refractivity contribution in [1.82, 2.24) is 0 Å². The van der Waals surface area contributed by atoms with E-state index in [1.807, 2.05) is 12.1 Å². The molecule has 0 spiro atoms. The predicted octanol–water partition coefficient (Wildman–Crippen LogP) is 3.69. The van der Waals surface area contributed by atoms with Crippen LogP contribution in [0.15, 0.2) is 24.3 Å². The average molecular weight is 282 g/mol. The maximum absolute atomic E-state index is 5.90. The van der Waals surface area contributed by atoms with Gasteiger partial charge in [-0.3, -0.25) is 5.73 Å². The molecule has 1 aromatic heterocycles. The highest BCUT2D eigenvalue weighted by molar-refractivity contribution is 7.15. The van der Waals surface area contributed by atoms with Gasteiger partial charge in [-0.15, -0.1) is 0 Å². The van der Waals surface area contributed by atoms with E-state index in [1.165, 1.54) is 16.1 Å². The Kier molecular flexibility index (Phi) is 3.64. The van der Waals surface area contributed by atoms with E-state index < -0.39 is 0 Å². The molecule has 96 valence electrons. The first kappa shape index (κ1) is 13.4. The summed E-state index contributed by atoms with van der Waals surface area (Å²) in [6.45, 7) is 6.57. The van der Waals surface area contributed by atoms with Crippen LogP contribution in [0.25, 0.3) is 0 Å². The van der Waals surface area contributed by atoms with Crippen molar-refractivity contribution < 1.29 is 4.98 Å². The predicted molar refractivity (Wildman–Crippen MR) is 78.2 cm³/mol. The van der Waals surface area contributed by atoms with Crippen LogP contribution in [0.1, 0.15) is 36.9 Å². The van der Waals surface area contributed by atoms with Crippen molar-refractivity contribution in [3.63, 3.8) is 0 Å². The third kappa shape index (κ3) is 3.03. The summed E-state index contributed by atoms with van der Waals surface area (Å²) in [6, 6.07) is 7.97. The molecule has 0 saturated carbocycles. The van der Waals surface area contributed by atoms with E-state index in [-0.39, 0.29) is 5.41 Å². The first-order chi connectivity index (χ1) is 8.36. The lowest BCUT2D eigenvalue weighted by atomic mass is 9.90. The molecule has 2 nitrogen and oxygen atoms in total. The first-order valence-electron chi connectivity index (χ1n) is 5.91. The number of benzene rings is 1. The smallest absolute Gasteiger partial charge is 0.278 e. The summed E-state index contributed by atoms with van der Waals surface area (Å²) < 4.78 is 0. The number of halogens is 1. The highest BCUT2D eigenvalue weighted by Crippen LogP contribution is 2.29. The van der Waals surface area contributed by atoms with E-state index in [1.54, 1.807) is 11.3 Å². The van der Waals surface area contributed by atoms with Gasteiger partial charge in [0.15, 0.2) is 0 Å². The van der Waals surface area contributed by atoms with Gasteiger partial charge >= 0.3 is 5.13 Å². The van der Waals surface area contributed by atoms with Gasteiger partial charge in [-0.05, 0) is 17.7 Å². The van der Waals surface area contributed by atoms with E-state index in [9.17, 15) is 0 Å². The van der Waals surface area contributed by atoms with Gasteiger partial charge in [-0.1, -0.05) is 55.8 Å². The van der Waals surface area contributed by atoms with Crippen LogP contribution in [0.2, 0.25) is 5.02 Å². The molecule has 0 aliphatic rings. The minimum atomic E-state index is 0.0792. The highest BCUT2D eigenvalue weighted by Gasteiger charge is 2.25. The average Bonchev–Trinajstić information content (AvgIpc) is 2.63. The normalized spacial score (nSPS) is 11.8. The van der Waals surface area contributed by atoms with Crippen molar-refractivity contribution in [3.05, 3.63) is 45.4 Å². The molecule has 0 unspecified atom stereocenters. The number of rotatable bonds is 2. The molecule has 0 amide bonds. The number of aromatic amines is 1. The Morgan fingerprint density at radius 2 is 1.83 bits per heavy atom. The number of nitrogens with one attached hydrogen (secondary N) is 1. The molecule has 0 bridgehead atoms. The molecular formula is C14H18ClN2S+. The van der Waals surface area contributed by atoms with Crippen LogP contribution in [0.3, 0.4) is 0 Å². The van der Waals surface area contributed by atoms with Crippen molar-refractivity contribution in [2.75, 3.05) is 5.73 Å². The van der Waals surface area contributed by atoms with Crippen LogP contribution in [0.5, 0.6) is 0 Å². The van der Waals surface area contributed by atoms with Gasteiger partial charge in [-0.2, -0.15) is 0 Å². The van der Waals surface area contributed by atoms with Gasteiger partial charge in [0.2, 0.25) is 0 Å². The molecule has 0 saturated heterocycles. The zero-order valence-corrected chi connectivity index (χ0v) is 12.5. The molecule has 0 atom stereocenters. The van der Waals surface area contributed by atoms with Crippen molar-refractivity contribution >= 4 is 28.1 Å². The van der Waals surface area contributed by atoms with Crippen LogP contribution in [-0.2, 0) is 11.8 Å². The molecule has 2 aromatic rings. The van der Waals surface area contributed by atoms with E-state index in [2.05, 4.69) is 37.9 Å². The Hall–Kier alpha value is -1.06. The van der Waals surface area contributed by atoms with E-state index >= 15 is 0 Å². The molecule has 0 fully saturated rings. The van der Waals surface area contributed by atoms with Crippen LogP contribution in [0.4, 0.5) is 5.13 Å². The maximum Gasteiger partial charge on any atom is 0.329 e. The number of nitrogens with two attached hydrogens (primary N) is 1. The highest BCUT2D eigenvalue weighted by atomic mass is 35.5. The Balaban J connectivity index is 2.31. The third-order valence-electron chi connectivity index (χ3n) is 2.79. The van der Waals surface area contributed by atoms with Gasteiger partial charge in [0.25, 0.3) is 0 Å². The number of hydrogen-bond acceptors (Lipinski definition) is 2. The van der Waals surface area contributed by atoms with Crippen molar-refractivity contribution in [3.8, 4) is 0 Å². The van der Waals surface area contributed by atoms with Crippen molar-refractivity contribution in [1.29, 1.82) is 0 Å². The second-order valence-electron chi connectivity index (χ2n) is 5.44. The molecule has 0 aliphatic carbocycles. The fourth-order valence-corrected chi connectivity index (χ4v) is 3.16. The maximum atomic E-state index is 5.90. The van der Waals surface area contributed by atoms with Gasteiger partial charge < -0.3 is 0 Å². The lowest BCUT2D eigenvalue weighted by Crippen LogP contribution is -2.24. The Labute approximate surface area is 117 Å². The third-order valence-corrected chi connectivity index (χ3v) is 3.96. The van der Waals surface area contributed by atoms with Crippen LogP contribution >= 0.6 is 22.9 Å². The molecule has 18 heavy (non-hydrogen) atoms. The summed E-state index contributed by atoms with van der Waals surface area (Å²) in [6.07, 6.45) is 0.891. The number of hydrogen-bond donors (Lipinski definition) is 1. The second-order valence-corrected chi connectivity index (χ2v) is 7.02. The monoisotopic (exact) mass is 281 g/mol. The Morgan fingerprint density at radius 3 is 2.39 bits per heavy atom. The molecule has 0 radical (unpaired) electrons. The molecule has 2 rings (SSSR count). The van der Waals surface area contributed by atoms with Crippen molar-refractivity contribution in [2.45, 2.75) is 32.6 Å². The number of aromatic nitrogens is 1. The number of anilines is 1. The molecule has 3 N–H and O–H groups in total. The van der Waals surface area contributed by atoms with Gasteiger partial charge in [0.05, 0.1) is 4.88 Å². The fraction of sp³-hybridized carbons (Fsp3) is 0.357. The summed E-state index contributed by atoms with van der Waals surface area (Å²) in [5.74, 6) is 0. The second kappa shape index (κ2) is 4.90. The molecule has 0 aliphatic heterocycles. The van der Waals surface area contributed by atoms with Crippen molar-refractivity contribution in [2.24, 2.45) is 0 Å². The van der Waals surface area contributed by atoms with Gasteiger partial charge in [-0.25, -0.2) is 4.98 Å². The fourth-order valence-electron chi connectivity index (χ4n) is 1.92. The largest absolute Gasteiger partial charge is 0.329 e. The zero-order valence-electron chi connectivity index (χ0n) is 10.9. The summed E-state index contributed by atoms with van der Waals surface area (Å²) >= 11 is 7.53. The minimum Gasteiger partial charge on any atom is -0.278 e. The lowest BCUT2D eigenvalue weighted by molar-refractivity contribution is -0.373. The summed E-state index contributed by atoms with van der Waals surface area (Å²) in [5, 5.41) is 1.54. The first-order valence-corrected chi connectivity index (χ1v) is 7.11. The molecule has 4 heteroatoms. The van der Waals surface area contributed by atoms with Gasteiger partial charge in [0, 0.05) is 16.9 Å². The number of H-pyrrole nitrogens is 1. The minimum absolute atomic E-state index is 0.0792. The number of nitrogen functional groups attached to an aromatic ring is 1. The Bertz CT molecular complexity index is 538. The van der Waals surface area contributed by atoms with Crippen LogP contribution < -0.4 is 10.7 Å².